The van der Waals surface area contributed by atoms with Crippen molar-refractivity contribution in [1.82, 2.24) is 4.31 Å². The summed E-state index contributed by atoms with van der Waals surface area (Å²) >= 11 is 5.67. The average Bonchev–Trinajstić information content (AvgIpc) is 2.36. The second-order valence-electron chi connectivity index (χ2n) is 4.23. The fraction of sp³-hybridized carbons (Fsp3) is 0.417. The van der Waals surface area contributed by atoms with Crippen LogP contribution in [0.2, 0.25) is 0 Å². The Hall–Kier alpha value is -1.11. The van der Waals surface area contributed by atoms with E-state index in [0.717, 1.165) is 0 Å². The van der Waals surface area contributed by atoms with Gasteiger partial charge in [-0.2, -0.15) is 4.31 Å². The number of sulfonamides is 1. The smallest absolute Gasteiger partial charge is 0.243 e. The van der Waals surface area contributed by atoms with Gasteiger partial charge in [-0.1, -0.05) is 0 Å². The third-order valence-electron chi connectivity index (χ3n) is 2.70. The summed E-state index contributed by atoms with van der Waals surface area (Å²) in [6.07, 6.45) is 0. The molecule has 0 spiro atoms. The van der Waals surface area contributed by atoms with Crippen molar-refractivity contribution in [1.29, 1.82) is 0 Å². The molecular formula is C12H17ClN2O3S. The predicted molar refractivity (Wildman–Crippen MR) is 75.9 cm³/mol. The minimum absolute atomic E-state index is 0.168. The minimum atomic E-state index is -3.56. The molecule has 1 atom stereocenters. The molecule has 0 bridgehead atoms. The molecule has 0 aromatic heterocycles. The van der Waals surface area contributed by atoms with E-state index in [1.165, 1.54) is 30.4 Å². The lowest BCUT2D eigenvalue weighted by molar-refractivity contribution is -0.114. The van der Waals surface area contributed by atoms with Crippen molar-refractivity contribution >= 4 is 33.2 Å². The zero-order valence-corrected chi connectivity index (χ0v) is 12.6. The lowest BCUT2D eigenvalue weighted by Crippen LogP contribution is -2.36. The van der Waals surface area contributed by atoms with E-state index in [2.05, 4.69) is 5.32 Å². The Balaban J connectivity index is 3.00. The highest BCUT2D eigenvalue weighted by atomic mass is 35.5. The van der Waals surface area contributed by atoms with Crippen LogP contribution in [0.5, 0.6) is 0 Å². The molecule has 7 heteroatoms. The van der Waals surface area contributed by atoms with Crippen LogP contribution in [0.4, 0.5) is 5.69 Å². The van der Waals surface area contributed by atoms with Gasteiger partial charge in [-0.15, -0.1) is 11.6 Å². The molecule has 1 amide bonds. The maximum Gasteiger partial charge on any atom is 0.243 e. The molecule has 1 unspecified atom stereocenters. The minimum Gasteiger partial charge on any atom is -0.326 e. The van der Waals surface area contributed by atoms with Gasteiger partial charge in [0, 0.05) is 31.6 Å². The van der Waals surface area contributed by atoms with Crippen LogP contribution in [0.3, 0.4) is 0 Å². The fourth-order valence-electron chi connectivity index (χ4n) is 1.41. The zero-order chi connectivity index (χ0) is 14.6. The molecule has 5 nitrogen and oxygen atoms in total. The van der Waals surface area contributed by atoms with Crippen molar-refractivity contribution in [3.63, 3.8) is 0 Å². The number of carbonyl (C=O) groups is 1. The molecular weight excluding hydrogens is 288 g/mol. The number of nitrogens with one attached hydrogen (secondary N) is 1. The molecule has 1 rings (SSSR count). The Kier molecular flexibility index (Phi) is 5.34. The first-order chi connectivity index (χ1) is 8.78. The van der Waals surface area contributed by atoms with Gasteiger partial charge in [0.25, 0.3) is 0 Å². The number of amides is 1. The highest BCUT2D eigenvalue weighted by molar-refractivity contribution is 7.89. The van der Waals surface area contributed by atoms with Crippen molar-refractivity contribution in [2.24, 2.45) is 0 Å². The SMILES string of the molecule is CC(=O)Nc1ccc(S(=O)(=O)N(C)C(C)CCl)cc1. The quantitative estimate of drug-likeness (QED) is 0.845. The molecule has 0 heterocycles. The van der Waals surface area contributed by atoms with Crippen LogP contribution in [0.1, 0.15) is 13.8 Å². The van der Waals surface area contributed by atoms with Gasteiger partial charge in [-0.25, -0.2) is 8.42 Å². The summed E-state index contributed by atoms with van der Waals surface area (Å²) in [4.78, 5) is 11.0. The number of nitrogens with zero attached hydrogens (tertiary/aromatic N) is 1. The molecule has 0 aliphatic carbocycles. The molecule has 0 aliphatic heterocycles. The Labute approximate surface area is 118 Å². The van der Waals surface area contributed by atoms with Crippen LogP contribution >= 0.6 is 11.6 Å². The lowest BCUT2D eigenvalue weighted by atomic mass is 10.3. The molecule has 0 saturated carbocycles. The summed E-state index contributed by atoms with van der Waals surface area (Å²) in [5.74, 6) is 0.0168. The zero-order valence-electron chi connectivity index (χ0n) is 11.1. The molecule has 0 fully saturated rings. The van der Waals surface area contributed by atoms with Gasteiger partial charge in [0.1, 0.15) is 0 Å². The van der Waals surface area contributed by atoms with E-state index >= 15 is 0 Å². The van der Waals surface area contributed by atoms with E-state index < -0.39 is 10.0 Å². The van der Waals surface area contributed by atoms with Crippen molar-refractivity contribution in [3.05, 3.63) is 24.3 Å². The molecule has 19 heavy (non-hydrogen) atoms. The van der Waals surface area contributed by atoms with Gasteiger partial charge in [0.05, 0.1) is 4.90 Å². The van der Waals surface area contributed by atoms with Gasteiger partial charge in [-0.3, -0.25) is 4.79 Å². The summed E-state index contributed by atoms with van der Waals surface area (Å²) in [5, 5.41) is 2.58. The van der Waals surface area contributed by atoms with Crippen molar-refractivity contribution < 1.29 is 13.2 Å². The predicted octanol–water partition coefficient (Wildman–Crippen LogP) is 1.89. The van der Waals surface area contributed by atoms with Gasteiger partial charge in [0.2, 0.25) is 15.9 Å². The summed E-state index contributed by atoms with van der Waals surface area (Å²) < 4.78 is 25.7. The molecule has 1 aromatic rings. The lowest BCUT2D eigenvalue weighted by Gasteiger charge is -2.22. The number of anilines is 1. The summed E-state index contributed by atoms with van der Waals surface area (Å²) in [6.45, 7) is 3.12. The first kappa shape index (κ1) is 15.9. The number of halogens is 1. The van der Waals surface area contributed by atoms with Gasteiger partial charge in [0.15, 0.2) is 0 Å². The Morgan fingerprint density at radius 2 is 1.89 bits per heavy atom. The Bertz CT molecular complexity index is 543. The number of hydrogen-bond donors (Lipinski definition) is 1. The molecule has 0 radical (unpaired) electrons. The second kappa shape index (κ2) is 6.36. The van der Waals surface area contributed by atoms with Gasteiger partial charge < -0.3 is 5.32 Å². The third-order valence-corrected chi connectivity index (χ3v) is 5.13. The highest BCUT2D eigenvalue weighted by Gasteiger charge is 2.24. The largest absolute Gasteiger partial charge is 0.326 e. The Morgan fingerprint density at radius 1 is 1.37 bits per heavy atom. The number of carbonyl (C=O) groups excluding carboxylic acids is 1. The first-order valence-electron chi connectivity index (χ1n) is 5.70. The van der Waals surface area contributed by atoms with E-state index in [1.807, 2.05) is 0 Å². The molecule has 1 aromatic carbocycles. The van der Waals surface area contributed by atoms with Crippen LogP contribution in [0, 0.1) is 0 Å². The number of benzene rings is 1. The fourth-order valence-corrected chi connectivity index (χ4v) is 3.06. The van der Waals surface area contributed by atoms with Gasteiger partial charge >= 0.3 is 0 Å². The molecule has 1 N–H and O–H groups in total. The van der Waals surface area contributed by atoms with Crippen molar-refractivity contribution in [2.45, 2.75) is 24.8 Å². The number of hydrogen-bond acceptors (Lipinski definition) is 3. The molecule has 106 valence electrons. The molecule has 0 aliphatic rings. The van der Waals surface area contributed by atoms with Crippen LogP contribution in [-0.2, 0) is 14.8 Å². The monoisotopic (exact) mass is 304 g/mol. The highest BCUT2D eigenvalue weighted by Crippen LogP contribution is 2.19. The van der Waals surface area contributed by atoms with Crippen molar-refractivity contribution in [3.8, 4) is 0 Å². The van der Waals surface area contributed by atoms with Crippen LogP contribution in [0.15, 0.2) is 29.2 Å². The van der Waals surface area contributed by atoms with Gasteiger partial charge in [-0.05, 0) is 31.2 Å². The van der Waals surface area contributed by atoms with Crippen LogP contribution in [0.25, 0.3) is 0 Å². The third kappa shape index (κ3) is 3.92. The second-order valence-corrected chi connectivity index (χ2v) is 6.54. The van der Waals surface area contributed by atoms with E-state index in [1.54, 1.807) is 19.1 Å². The average molecular weight is 305 g/mol. The van der Waals surface area contributed by atoms with E-state index in [4.69, 9.17) is 11.6 Å². The maximum absolute atomic E-state index is 12.2. The topological polar surface area (TPSA) is 66.5 Å². The molecule has 0 saturated heterocycles. The van der Waals surface area contributed by atoms with E-state index in [9.17, 15) is 13.2 Å². The number of rotatable bonds is 5. The van der Waals surface area contributed by atoms with E-state index in [-0.39, 0.29) is 22.7 Å². The van der Waals surface area contributed by atoms with Crippen molar-refractivity contribution in [2.75, 3.05) is 18.2 Å². The standard InChI is InChI=1S/C12H17ClN2O3S/c1-9(8-13)15(3)19(17,18)12-6-4-11(5-7-12)14-10(2)16/h4-7,9H,8H2,1-3H3,(H,14,16). The first-order valence-corrected chi connectivity index (χ1v) is 7.68. The van der Waals surface area contributed by atoms with Crippen LogP contribution < -0.4 is 5.32 Å². The summed E-state index contributed by atoms with van der Waals surface area (Å²) in [7, 11) is -2.07. The Morgan fingerprint density at radius 3 is 2.32 bits per heavy atom. The summed E-state index contributed by atoms with van der Waals surface area (Å²) in [6, 6.07) is 5.72. The normalized spacial score (nSPS) is 13.3. The van der Waals surface area contributed by atoms with E-state index in [0.29, 0.717) is 5.69 Å². The summed E-state index contributed by atoms with van der Waals surface area (Å²) in [5.41, 5.74) is 0.555. The maximum atomic E-state index is 12.2. The number of alkyl halides is 1. The van der Waals surface area contributed by atoms with Crippen LogP contribution in [-0.4, -0.2) is 37.6 Å².